The normalized spacial score (nSPS) is 39.4. The van der Waals surface area contributed by atoms with E-state index in [-0.39, 0.29) is 0 Å². The molecule has 48 valence electrons. The third kappa shape index (κ3) is 1.03. The molecule has 0 aromatic heterocycles. The van der Waals surface area contributed by atoms with Crippen LogP contribution in [0, 0.1) is 11.8 Å². The van der Waals surface area contributed by atoms with Gasteiger partial charge < -0.3 is 4.74 Å². The van der Waals surface area contributed by atoms with Crippen molar-refractivity contribution in [1.82, 2.24) is 0 Å². The van der Waals surface area contributed by atoms with E-state index in [0.29, 0.717) is 6.10 Å². The molecule has 1 rings (SSSR count). The van der Waals surface area contributed by atoms with Gasteiger partial charge in [0.05, 0.1) is 6.10 Å². The molecule has 1 aliphatic carbocycles. The predicted octanol–water partition coefficient (Wildman–Crippen LogP) is 1.68. The molecule has 0 aliphatic heterocycles. The van der Waals surface area contributed by atoms with E-state index in [0.717, 1.165) is 11.8 Å². The molecule has 0 N–H and O–H groups in total. The van der Waals surface area contributed by atoms with E-state index in [1.165, 1.54) is 6.42 Å². The zero-order valence-electron chi connectivity index (χ0n) is 5.85. The average molecular weight is 114 g/mol. The van der Waals surface area contributed by atoms with Crippen molar-refractivity contribution in [1.29, 1.82) is 0 Å². The highest BCUT2D eigenvalue weighted by atomic mass is 16.5. The van der Waals surface area contributed by atoms with E-state index >= 15 is 0 Å². The smallest absolute Gasteiger partial charge is 0.0574 e. The Hall–Kier alpha value is -0.0400. The molecule has 0 radical (unpaired) electrons. The first-order chi connectivity index (χ1) is 3.75. The number of ether oxygens (including phenoxy) is 1. The van der Waals surface area contributed by atoms with Gasteiger partial charge in [0.25, 0.3) is 0 Å². The largest absolute Gasteiger partial charge is 0.381 e. The van der Waals surface area contributed by atoms with Crippen molar-refractivity contribution >= 4 is 0 Å². The molecule has 0 spiro atoms. The van der Waals surface area contributed by atoms with Crippen molar-refractivity contribution in [2.24, 2.45) is 11.8 Å². The van der Waals surface area contributed by atoms with Gasteiger partial charge in [0.2, 0.25) is 0 Å². The van der Waals surface area contributed by atoms with Crippen LogP contribution in [0.4, 0.5) is 0 Å². The maximum Gasteiger partial charge on any atom is 0.0574 e. The van der Waals surface area contributed by atoms with Crippen LogP contribution < -0.4 is 0 Å². The molecule has 0 amide bonds. The minimum Gasteiger partial charge on any atom is -0.381 e. The Morgan fingerprint density at radius 2 is 2.12 bits per heavy atom. The first-order valence-corrected chi connectivity index (χ1v) is 3.28. The van der Waals surface area contributed by atoms with Gasteiger partial charge in [-0.3, -0.25) is 0 Å². The molecule has 0 heterocycles. The van der Waals surface area contributed by atoms with Gasteiger partial charge in [0, 0.05) is 7.11 Å². The SMILES string of the molecule is COC(C)C1CC1C. The van der Waals surface area contributed by atoms with E-state index in [1.54, 1.807) is 7.11 Å². The Bertz CT molecular complexity index is 78.5. The fourth-order valence-electron chi connectivity index (χ4n) is 1.18. The lowest BCUT2D eigenvalue weighted by molar-refractivity contribution is 0.0962. The summed E-state index contributed by atoms with van der Waals surface area (Å²) in [6, 6.07) is 0. The monoisotopic (exact) mass is 114 g/mol. The lowest BCUT2D eigenvalue weighted by Crippen LogP contribution is -2.07. The topological polar surface area (TPSA) is 9.23 Å². The predicted molar refractivity (Wildman–Crippen MR) is 33.7 cm³/mol. The zero-order chi connectivity index (χ0) is 6.15. The first kappa shape index (κ1) is 6.09. The van der Waals surface area contributed by atoms with E-state index in [4.69, 9.17) is 4.74 Å². The van der Waals surface area contributed by atoms with Crippen LogP contribution in [0.2, 0.25) is 0 Å². The van der Waals surface area contributed by atoms with Crippen molar-refractivity contribution in [3.05, 3.63) is 0 Å². The zero-order valence-corrected chi connectivity index (χ0v) is 5.85. The van der Waals surface area contributed by atoms with Crippen LogP contribution in [-0.2, 0) is 4.74 Å². The third-order valence-electron chi connectivity index (χ3n) is 2.15. The standard InChI is InChI=1S/C7H14O/c1-5-4-7(5)6(2)8-3/h5-7H,4H2,1-3H3. The summed E-state index contributed by atoms with van der Waals surface area (Å²) in [6.45, 7) is 4.42. The fraction of sp³-hybridized carbons (Fsp3) is 1.00. The summed E-state index contributed by atoms with van der Waals surface area (Å²) < 4.78 is 5.14. The van der Waals surface area contributed by atoms with Crippen molar-refractivity contribution in [3.63, 3.8) is 0 Å². The van der Waals surface area contributed by atoms with Crippen LogP contribution in [0.1, 0.15) is 20.3 Å². The fourth-order valence-corrected chi connectivity index (χ4v) is 1.18. The first-order valence-electron chi connectivity index (χ1n) is 3.28. The van der Waals surface area contributed by atoms with Crippen molar-refractivity contribution < 1.29 is 4.74 Å². The van der Waals surface area contributed by atoms with Gasteiger partial charge >= 0.3 is 0 Å². The van der Waals surface area contributed by atoms with Gasteiger partial charge in [0.15, 0.2) is 0 Å². The molecule has 0 aromatic rings. The molecule has 0 aromatic carbocycles. The van der Waals surface area contributed by atoms with Crippen LogP contribution in [0.5, 0.6) is 0 Å². The summed E-state index contributed by atoms with van der Waals surface area (Å²) in [7, 11) is 1.79. The summed E-state index contributed by atoms with van der Waals surface area (Å²) in [5.74, 6) is 1.78. The molecule has 1 fully saturated rings. The van der Waals surface area contributed by atoms with E-state index in [2.05, 4.69) is 13.8 Å². The second kappa shape index (κ2) is 2.06. The molecule has 0 saturated heterocycles. The summed E-state index contributed by atoms with van der Waals surface area (Å²) >= 11 is 0. The minimum absolute atomic E-state index is 0.491. The summed E-state index contributed by atoms with van der Waals surface area (Å²) in [6.07, 6.45) is 1.86. The molecule has 8 heavy (non-hydrogen) atoms. The van der Waals surface area contributed by atoms with Crippen LogP contribution in [0.15, 0.2) is 0 Å². The molecular weight excluding hydrogens is 100 g/mol. The number of hydrogen-bond donors (Lipinski definition) is 0. The van der Waals surface area contributed by atoms with Crippen molar-refractivity contribution in [2.45, 2.75) is 26.4 Å². The lowest BCUT2D eigenvalue weighted by atomic mass is 10.2. The quantitative estimate of drug-likeness (QED) is 0.530. The molecule has 3 atom stereocenters. The minimum atomic E-state index is 0.491. The van der Waals surface area contributed by atoms with Crippen molar-refractivity contribution in [2.75, 3.05) is 7.11 Å². The molecular formula is C7H14O. The van der Waals surface area contributed by atoms with Crippen LogP contribution in [-0.4, -0.2) is 13.2 Å². The lowest BCUT2D eigenvalue weighted by Gasteiger charge is -2.05. The molecule has 0 bridgehead atoms. The summed E-state index contributed by atoms with van der Waals surface area (Å²) in [5, 5.41) is 0. The Morgan fingerprint density at radius 1 is 1.62 bits per heavy atom. The van der Waals surface area contributed by atoms with E-state index < -0.39 is 0 Å². The molecule has 1 saturated carbocycles. The molecule has 1 nitrogen and oxygen atoms in total. The van der Waals surface area contributed by atoms with Crippen LogP contribution in [0.25, 0.3) is 0 Å². The van der Waals surface area contributed by atoms with E-state index in [1.807, 2.05) is 0 Å². The molecule has 1 aliphatic rings. The van der Waals surface area contributed by atoms with Crippen molar-refractivity contribution in [3.8, 4) is 0 Å². The molecule has 3 unspecified atom stereocenters. The Labute approximate surface area is 51.0 Å². The highest BCUT2D eigenvalue weighted by Gasteiger charge is 2.37. The highest BCUT2D eigenvalue weighted by molar-refractivity contribution is 4.86. The Kier molecular flexibility index (Phi) is 1.57. The summed E-state index contributed by atoms with van der Waals surface area (Å²) in [4.78, 5) is 0. The third-order valence-corrected chi connectivity index (χ3v) is 2.15. The number of methoxy groups -OCH3 is 1. The number of hydrogen-bond acceptors (Lipinski definition) is 1. The van der Waals surface area contributed by atoms with Crippen LogP contribution >= 0.6 is 0 Å². The maximum atomic E-state index is 5.14. The van der Waals surface area contributed by atoms with Gasteiger partial charge in [0.1, 0.15) is 0 Å². The van der Waals surface area contributed by atoms with Gasteiger partial charge in [-0.1, -0.05) is 6.92 Å². The molecule has 1 heteroatoms. The highest BCUT2D eigenvalue weighted by Crippen LogP contribution is 2.41. The van der Waals surface area contributed by atoms with Gasteiger partial charge in [-0.25, -0.2) is 0 Å². The van der Waals surface area contributed by atoms with E-state index in [9.17, 15) is 0 Å². The number of rotatable bonds is 2. The maximum absolute atomic E-state index is 5.14. The Balaban J connectivity index is 2.18. The van der Waals surface area contributed by atoms with Gasteiger partial charge in [-0.05, 0) is 25.2 Å². The van der Waals surface area contributed by atoms with Crippen LogP contribution in [0.3, 0.4) is 0 Å². The second-order valence-electron chi connectivity index (χ2n) is 2.82. The second-order valence-corrected chi connectivity index (χ2v) is 2.82. The van der Waals surface area contributed by atoms with Gasteiger partial charge in [-0.15, -0.1) is 0 Å². The van der Waals surface area contributed by atoms with Gasteiger partial charge in [-0.2, -0.15) is 0 Å². The Morgan fingerprint density at radius 3 is 2.25 bits per heavy atom. The average Bonchev–Trinajstić information content (AvgIpc) is 2.45. The summed E-state index contributed by atoms with van der Waals surface area (Å²) in [5.41, 5.74) is 0.